The average Bonchev–Trinajstić information content (AvgIpc) is 2.17. The zero-order valence-electron chi connectivity index (χ0n) is 6.43. The number of rotatable bonds is 2. The Hall–Kier alpha value is 0.0625. The van der Waals surface area contributed by atoms with Crippen LogP contribution in [0, 0.1) is 0 Å². The molecule has 0 fully saturated rings. The van der Waals surface area contributed by atoms with E-state index in [1.54, 1.807) is 0 Å². The molecule has 0 N–H and O–H groups in total. The van der Waals surface area contributed by atoms with Gasteiger partial charge in [-0.2, -0.15) is 0 Å². The summed E-state index contributed by atoms with van der Waals surface area (Å²) in [5, 5.41) is 0. The van der Waals surface area contributed by atoms with Crippen LogP contribution in [0.5, 0.6) is 0 Å². The Morgan fingerprint density at radius 3 is 2.42 bits per heavy atom. The van der Waals surface area contributed by atoms with Crippen LogP contribution >= 0.6 is 24.8 Å². The highest BCUT2D eigenvalue weighted by molar-refractivity contribution is 5.85. The van der Waals surface area contributed by atoms with Gasteiger partial charge in [0.05, 0.1) is 7.05 Å². The fourth-order valence-electron chi connectivity index (χ4n) is 0.759. The molecular formula is C7H16AlCl2N2+. The predicted molar refractivity (Wildman–Crippen MR) is 60.2 cm³/mol. The second-order valence-corrected chi connectivity index (χ2v) is 2.06. The van der Waals surface area contributed by atoms with Gasteiger partial charge in [-0.25, -0.2) is 9.13 Å². The van der Waals surface area contributed by atoms with Crippen molar-refractivity contribution in [2.45, 2.75) is 6.54 Å². The standard InChI is InChI=1S/C7H11N2.Al.2ClH.3H/c1-3-4-9-6-5-8(2)7-9;;;;;;/h3,5-7H,1,4H2,2H3;;2*1H;;;/q+1;;;;;;. The summed E-state index contributed by atoms with van der Waals surface area (Å²) in [6.07, 6.45) is 7.91. The zero-order valence-corrected chi connectivity index (χ0v) is 8.07. The fraction of sp³-hybridized carbons (Fsp3) is 0.286. The molecule has 1 aromatic rings. The third kappa shape index (κ3) is 5.68. The first-order valence-electron chi connectivity index (χ1n) is 2.95. The van der Waals surface area contributed by atoms with E-state index in [1.165, 1.54) is 0 Å². The molecule has 0 aliphatic rings. The smallest absolute Gasteiger partial charge is 0.240 e. The summed E-state index contributed by atoms with van der Waals surface area (Å²) >= 11 is 0. The first kappa shape index (κ1) is 18.0. The quantitative estimate of drug-likeness (QED) is 0.386. The molecule has 5 heteroatoms. The second-order valence-electron chi connectivity index (χ2n) is 2.06. The molecule has 1 heterocycles. The molecule has 0 bridgehead atoms. The molecule has 0 amide bonds. The Balaban J connectivity index is -0.000000270. The Morgan fingerprint density at radius 2 is 2.08 bits per heavy atom. The van der Waals surface area contributed by atoms with Gasteiger partial charge in [0.25, 0.3) is 0 Å². The van der Waals surface area contributed by atoms with Crippen LogP contribution in [0.15, 0.2) is 31.4 Å². The van der Waals surface area contributed by atoms with Gasteiger partial charge in [0.1, 0.15) is 18.9 Å². The van der Waals surface area contributed by atoms with E-state index in [1.807, 2.05) is 36.4 Å². The number of hydrogen-bond acceptors (Lipinski definition) is 0. The van der Waals surface area contributed by atoms with Crippen LogP contribution in [0.4, 0.5) is 0 Å². The van der Waals surface area contributed by atoms with E-state index in [2.05, 4.69) is 11.1 Å². The van der Waals surface area contributed by atoms with Gasteiger partial charge in [-0.15, -0.1) is 24.8 Å². The Labute approximate surface area is 96.2 Å². The lowest BCUT2D eigenvalue weighted by Crippen LogP contribution is -2.23. The number of nitrogens with zero attached hydrogens (tertiary/aromatic N) is 2. The van der Waals surface area contributed by atoms with Gasteiger partial charge >= 0.3 is 0 Å². The minimum atomic E-state index is 0. The lowest BCUT2D eigenvalue weighted by Gasteiger charge is -1.83. The highest BCUT2D eigenvalue weighted by Crippen LogP contribution is 1.81. The van der Waals surface area contributed by atoms with Crippen molar-refractivity contribution in [2.24, 2.45) is 7.05 Å². The van der Waals surface area contributed by atoms with E-state index in [9.17, 15) is 0 Å². The molecule has 1 aromatic heterocycles. The molecule has 1 rings (SSSR count). The molecular weight excluding hydrogens is 210 g/mol. The van der Waals surface area contributed by atoms with Crippen LogP contribution < -0.4 is 4.57 Å². The van der Waals surface area contributed by atoms with Crippen molar-refractivity contribution in [1.29, 1.82) is 0 Å². The van der Waals surface area contributed by atoms with E-state index in [0.29, 0.717) is 0 Å². The summed E-state index contributed by atoms with van der Waals surface area (Å²) in [4.78, 5) is 0. The zero-order chi connectivity index (χ0) is 6.69. The number of hydrogen-bond donors (Lipinski definition) is 0. The molecule has 0 aliphatic heterocycles. The number of allylic oxidation sites excluding steroid dienone is 1. The lowest BCUT2D eigenvalue weighted by atomic mass is 10.6. The maximum atomic E-state index is 3.64. The van der Waals surface area contributed by atoms with Crippen LogP contribution in [-0.4, -0.2) is 21.9 Å². The molecule has 0 spiro atoms. The molecule has 0 atom stereocenters. The number of aryl methyl sites for hydroxylation is 1. The average molecular weight is 226 g/mol. The Kier molecular flexibility index (Phi) is 13.7. The molecule has 0 saturated carbocycles. The molecule has 0 radical (unpaired) electrons. The van der Waals surface area contributed by atoms with Crippen molar-refractivity contribution in [2.75, 3.05) is 0 Å². The molecule has 0 aromatic carbocycles. The SMILES string of the molecule is C=CCn1cc[n+](C)c1.Cl.Cl.[AlH3]. The molecule has 2 nitrogen and oxygen atoms in total. The monoisotopic (exact) mass is 225 g/mol. The predicted octanol–water partition coefficient (Wildman–Crippen LogP) is 0.158. The minimum absolute atomic E-state index is 0. The minimum Gasteiger partial charge on any atom is -0.240 e. The Bertz CT molecular complexity index is 213. The summed E-state index contributed by atoms with van der Waals surface area (Å²) in [6, 6.07) is 0. The molecule has 70 valence electrons. The van der Waals surface area contributed by atoms with Gasteiger partial charge in [0.2, 0.25) is 6.33 Å². The van der Waals surface area contributed by atoms with E-state index >= 15 is 0 Å². The van der Waals surface area contributed by atoms with Crippen LogP contribution in [-0.2, 0) is 13.6 Å². The van der Waals surface area contributed by atoms with Crippen LogP contribution in [0.1, 0.15) is 0 Å². The highest BCUT2D eigenvalue weighted by atomic mass is 35.5. The van der Waals surface area contributed by atoms with Crippen molar-refractivity contribution in [1.82, 2.24) is 4.57 Å². The van der Waals surface area contributed by atoms with Gasteiger partial charge in [-0.1, -0.05) is 12.7 Å². The van der Waals surface area contributed by atoms with Gasteiger partial charge in [0.15, 0.2) is 17.4 Å². The van der Waals surface area contributed by atoms with Crippen molar-refractivity contribution in [3.05, 3.63) is 31.4 Å². The highest BCUT2D eigenvalue weighted by Gasteiger charge is 1.93. The largest absolute Gasteiger partial charge is 0.243 e. The third-order valence-electron chi connectivity index (χ3n) is 1.16. The molecule has 12 heavy (non-hydrogen) atoms. The van der Waals surface area contributed by atoms with E-state index in [-0.39, 0.29) is 42.2 Å². The van der Waals surface area contributed by atoms with E-state index < -0.39 is 0 Å². The first-order valence-corrected chi connectivity index (χ1v) is 2.95. The van der Waals surface area contributed by atoms with Crippen LogP contribution in [0.25, 0.3) is 0 Å². The van der Waals surface area contributed by atoms with Crippen molar-refractivity contribution in [3.63, 3.8) is 0 Å². The summed E-state index contributed by atoms with van der Waals surface area (Å²) < 4.78 is 4.07. The van der Waals surface area contributed by atoms with Gasteiger partial charge in [-0.05, 0) is 0 Å². The third-order valence-corrected chi connectivity index (χ3v) is 1.16. The molecule has 0 saturated heterocycles. The summed E-state index contributed by atoms with van der Waals surface area (Å²) in [7, 11) is 2.00. The molecule has 0 aliphatic carbocycles. The number of aromatic nitrogens is 2. The van der Waals surface area contributed by atoms with Gasteiger partial charge in [-0.3, -0.25) is 0 Å². The number of imidazole rings is 1. The van der Waals surface area contributed by atoms with Crippen molar-refractivity contribution in [3.8, 4) is 0 Å². The van der Waals surface area contributed by atoms with Crippen molar-refractivity contribution < 1.29 is 4.57 Å². The molecule has 0 unspecified atom stereocenters. The van der Waals surface area contributed by atoms with Crippen LogP contribution in [0.3, 0.4) is 0 Å². The maximum absolute atomic E-state index is 3.64. The van der Waals surface area contributed by atoms with Gasteiger partial charge < -0.3 is 0 Å². The Morgan fingerprint density at radius 1 is 1.50 bits per heavy atom. The summed E-state index contributed by atoms with van der Waals surface area (Å²) in [6.45, 7) is 4.52. The maximum Gasteiger partial charge on any atom is 0.243 e. The summed E-state index contributed by atoms with van der Waals surface area (Å²) in [5.74, 6) is 0. The topological polar surface area (TPSA) is 8.81 Å². The van der Waals surface area contributed by atoms with Crippen LogP contribution in [0.2, 0.25) is 0 Å². The van der Waals surface area contributed by atoms with Crippen molar-refractivity contribution >= 4 is 42.2 Å². The fourth-order valence-corrected chi connectivity index (χ4v) is 0.759. The van der Waals surface area contributed by atoms with Gasteiger partial charge in [0, 0.05) is 0 Å². The summed E-state index contributed by atoms with van der Waals surface area (Å²) in [5.41, 5.74) is 0. The second kappa shape index (κ2) is 9.15. The number of halogens is 2. The first-order chi connectivity index (χ1) is 4.33. The normalized spacial score (nSPS) is 7.08. The van der Waals surface area contributed by atoms with E-state index in [0.717, 1.165) is 6.54 Å². The lowest BCUT2D eigenvalue weighted by molar-refractivity contribution is -0.671. The van der Waals surface area contributed by atoms with E-state index in [4.69, 9.17) is 0 Å².